The molecule has 2 unspecified atom stereocenters. The van der Waals surface area contributed by atoms with Gasteiger partial charge in [0.2, 0.25) is 0 Å². The molecule has 1 aromatic heterocycles. The van der Waals surface area contributed by atoms with E-state index in [1.165, 1.54) is 5.56 Å². The minimum absolute atomic E-state index is 0.193. The largest absolute Gasteiger partial charge is 0.379 e. The summed E-state index contributed by atoms with van der Waals surface area (Å²) < 4.78 is 7.50. The van der Waals surface area contributed by atoms with Gasteiger partial charge in [0.15, 0.2) is 0 Å². The van der Waals surface area contributed by atoms with Crippen molar-refractivity contribution >= 4 is 0 Å². The molecule has 21 heavy (non-hydrogen) atoms. The average molecular weight is 286 g/mol. The number of hydrogen-bond acceptors (Lipinski definition) is 4. The fourth-order valence-electron chi connectivity index (χ4n) is 2.90. The van der Waals surface area contributed by atoms with Gasteiger partial charge in [-0.05, 0) is 24.9 Å². The molecule has 2 atom stereocenters. The minimum Gasteiger partial charge on any atom is -0.379 e. The van der Waals surface area contributed by atoms with Gasteiger partial charge in [0.25, 0.3) is 0 Å². The molecule has 112 valence electrons. The fourth-order valence-corrected chi connectivity index (χ4v) is 2.90. The van der Waals surface area contributed by atoms with Gasteiger partial charge in [0.1, 0.15) is 0 Å². The predicted molar refractivity (Wildman–Crippen MR) is 81.2 cm³/mol. The summed E-state index contributed by atoms with van der Waals surface area (Å²) >= 11 is 0. The lowest BCUT2D eigenvalue weighted by Gasteiger charge is -2.29. The van der Waals surface area contributed by atoms with Gasteiger partial charge in [0, 0.05) is 32.3 Å². The van der Waals surface area contributed by atoms with Crippen LogP contribution in [0.15, 0.2) is 36.5 Å². The van der Waals surface area contributed by atoms with Crippen molar-refractivity contribution in [1.29, 1.82) is 0 Å². The van der Waals surface area contributed by atoms with Crippen molar-refractivity contribution in [2.45, 2.75) is 31.4 Å². The first-order chi connectivity index (χ1) is 10.4. The molecular weight excluding hydrogens is 264 g/mol. The van der Waals surface area contributed by atoms with Crippen molar-refractivity contribution in [1.82, 2.24) is 20.3 Å². The van der Waals surface area contributed by atoms with Crippen LogP contribution in [-0.4, -0.2) is 41.3 Å². The number of aryl methyl sites for hydroxylation is 2. The van der Waals surface area contributed by atoms with Crippen LogP contribution >= 0.6 is 0 Å². The maximum atomic E-state index is 5.56. The monoisotopic (exact) mass is 286 g/mol. The second-order valence-electron chi connectivity index (χ2n) is 5.52. The summed E-state index contributed by atoms with van der Waals surface area (Å²) in [5.41, 5.74) is 2.38. The second kappa shape index (κ2) is 6.83. The summed E-state index contributed by atoms with van der Waals surface area (Å²) in [4.78, 5) is 0. The SMILES string of the molecule is COC1CNCCC1c1cn(CCc2ccccc2)nn1. The quantitative estimate of drug-likeness (QED) is 0.907. The molecule has 0 amide bonds. The number of benzene rings is 1. The highest BCUT2D eigenvalue weighted by molar-refractivity contribution is 5.14. The van der Waals surface area contributed by atoms with E-state index in [0.717, 1.165) is 38.2 Å². The number of aromatic nitrogens is 3. The molecule has 3 rings (SSSR count). The second-order valence-corrected chi connectivity index (χ2v) is 5.52. The van der Waals surface area contributed by atoms with Gasteiger partial charge in [-0.15, -0.1) is 5.10 Å². The highest BCUT2D eigenvalue weighted by atomic mass is 16.5. The van der Waals surface area contributed by atoms with Crippen LogP contribution in [0.2, 0.25) is 0 Å². The summed E-state index contributed by atoms with van der Waals surface area (Å²) in [6.07, 6.45) is 4.29. The molecule has 1 fully saturated rings. The van der Waals surface area contributed by atoms with Crippen LogP contribution in [0.3, 0.4) is 0 Å². The van der Waals surface area contributed by atoms with Gasteiger partial charge >= 0.3 is 0 Å². The van der Waals surface area contributed by atoms with E-state index >= 15 is 0 Å². The molecule has 0 saturated carbocycles. The van der Waals surface area contributed by atoms with E-state index in [1.807, 2.05) is 10.7 Å². The van der Waals surface area contributed by atoms with Crippen molar-refractivity contribution in [3.8, 4) is 0 Å². The minimum atomic E-state index is 0.193. The lowest BCUT2D eigenvalue weighted by Crippen LogP contribution is -2.40. The number of ether oxygens (including phenoxy) is 1. The molecule has 1 N–H and O–H groups in total. The number of nitrogens with zero attached hydrogens (tertiary/aromatic N) is 3. The average Bonchev–Trinajstić information content (AvgIpc) is 3.02. The summed E-state index contributed by atoms with van der Waals surface area (Å²) in [7, 11) is 1.77. The van der Waals surface area contributed by atoms with Crippen LogP contribution in [-0.2, 0) is 17.7 Å². The van der Waals surface area contributed by atoms with Crippen LogP contribution in [0.1, 0.15) is 23.6 Å². The molecule has 2 aromatic rings. The molecule has 0 aliphatic carbocycles. The smallest absolute Gasteiger partial charge is 0.0884 e. The zero-order chi connectivity index (χ0) is 14.5. The summed E-state index contributed by atoms with van der Waals surface area (Å²) in [6.45, 7) is 2.76. The fraction of sp³-hybridized carbons (Fsp3) is 0.500. The van der Waals surface area contributed by atoms with Crippen LogP contribution in [0.4, 0.5) is 0 Å². The Balaban J connectivity index is 1.63. The van der Waals surface area contributed by atoms with Crippen molar-refractivity contribution in [2.24, 2.45) is 0 Å². The molecule has 0 spiro atoms. The molecule has 1 aliphatic heterocycles. The van der Waals surface area contributed by atoms with Gasteiger partial charge in [0.05, 0.1) is 11.8 Å². The standard InChI is InChI=1S/C16H22N4O/c1-21-16-11-17-9-7-14(16)15-12-20(19-18-15)10-8-13-5-3-2-4-6-13/h2-6,12,14,16-17H,7-11H2,1H3. The number of piperidine rings is 1. The first-order valence-corrected chi connectivity index (χ1v) is 7.54. The van der Waals surface area contributed by atoms with Crippen molar-refractivity contribution < 1.29 is 4.74 Å². The maximum absolute atomic E-state index is 5.56. The number of nitrogens with one attached hydrogen (secondary N) is 1. The normalized spacial score (nSPS) is 22.3. The van der Waals surface area contributed by atoms with Crippen molar-refractivity contribution in [3.05, 3.63) is 47.8 Å². The Morgan fingerprint density at radius 3 is 3.00 bits per heavy atom. The first-order valence-electron chi connectivity index (χ1n) is 7.54. The van der Waals surface area contributed by atoms with E-state index in [4.69, 9.17) is 4.74 Å². The van der Waals surface area contributed by atoms with Crippen LogP contribution in [0.25, 0.3) is 0 Å². The Kier molecular flexibility index (Phi) is 4.62. The van der Waals surface area contributed by atoms with E-state index in [2.05, 4.69) is 46.1 Å². The van der Waals surface area contributed by atoms with E-state index in [0.29, 0.717) is 5.92 Å². The van der Waals surface area contributed by atoms with E-state index in [1.54, 1.807) is 7.11 Å². The maximum Gasteiger partial charge on any atom is 0.0884 e. The molecule has 5 nitrogen and oxygen atoms in total. The molecule has 1 aliphatic rings. The van der Waals surface area contributed by atoms with E-state index < -0.39 is 0 Å². The molecule has 2 heterocycles. The highest BCUT2D eigenvalue weighted by Gasteiger charge is 2.28. The third-order valence-electron chi connectivity index (χ3n) is 4.14. The van der Waals surface area contributed by atoms with Crippen molar-refractivity contribution in [2.75, 3.05) is 20.2 Å². The number of rotatable bonds is 5. The number of methoxy groups -OCH3 is 1. The predicted octanol–water partition coefficient (Wildman–Crippen LogP) is 1.61. The van der Waals surface area contributed by atoms with Crippen LogP contribution < -0.4 is 5.32 Å². The molecule has 0 radical (unpaired) electrons. The Hall–Kier alpha value is -1.72. The van der Waals surface area contributed by atoms with Gasteiger partial charge in [-0.2, -0.15) is 0 Å². The molecule has 5 heteroatoms. The summed E-state index contributed by atoms with van der Waals surface area (Å²) in [5, 5.41) is 12.0. The third kappa shape index (κ3) is 3.49. The molecular formula is C16H22N4O. The molecule has 0 bridgehead atoms. The molecule has 1 saturated heterocycles. The Morgan fingerprint density at radius 1 is 1.33 bits per heavy atom. The lowest BCUT2D eigenvalue weighted by molar-refractivity contribution is 0.0612. The zero-order valence-corrected chi connectivity index (χ0v) is 12.4. The highest BCUT2D eigenvalue weighted by Crippen LogP contribution is 2.25. The summed E-state index contributed by atoms with van der Waals surface area (Å²) in [5.74, 6) is 0.349. The van der Waals surface area contributed by atoms with Gasteiger partial charge in [-0.1, -0.05) is 35.5 Å². The topological polar surface area (TPSA) is 52.0 Å². The molecule has 1 aromatic carbocycles. The van der Waals surface area contributed by atoms with Crippen LogP contribution in [0, 0.1) is 0 Å². The van der Waals surface area contributed by atoms with E-state index in [9.17, 15) is 0 Å². The third-order valence-corrected chi connectivity index (χ3v) is 4.14. The van der Waals surface area contributed by atoms with Crippen LogP contribution in [0.5, 0.6) is 0 Å². The zero-order valence-electron chi connectivity index (χ0n) is 12.4. The number of hydrogen-bond donors (Lipinski definition) is 1. The Morgan fingerprint density at radius 2 is 2.19 bits per heavy atom. The first kappa shape index (κ1) is 14.2. The van der Waals surface area contributed by atoms with Gasteiger partial charge in [-0.3, -0.25) is 4.68 Å². The van der Waals surface area contributed by atoms with Crippen molar-refractivity contribution in [3.63, 3.8) is 0 Å². The van der Waals surface area contributed by atoms with E-state index in [-0.39, 0.29) is 6.10 Å². The summed E-state index contributed by atoms with van der Waals surface area (Å²) in [6, 6.07) is 10.5. The van der Waals surface area contributed by atoms with Gasteiger partial charge in [-0.25, -0.2) is 0 Å². The Bertz CT molecular complexity index is 554. The van der Waals surface area contributed by atoms with Gasteiger partial charge < -0.3 is 10.1 Å². The Labute approximate surface area is 125 Å². The lowest BCUT2D eigenvalue weighted by atomic mass is 9.92.